The fourth-order valence-corrected chi connectivity index (χ4v) is 2.45. The van der Waals surface area contributed by atoms with Crippen molar-refractivity contribution in [1.29, 1.82) is 0 Å². The Morgan fingerprint density at radius 2 is 1.74 bits per heavy atom. The third-order valence-electron chi connectivity index (χ3n) is 3.09. The fourth-order valence-electron chi connectivity index (χ4n) is 2.22. The van der Waals surface area contributed by atoms with E-state index in [0.29, 0.717) is 16.1 Å². The fraction of sp³-hybridized carbons (Fsp3) is 0.188. The van der Waals surface area contributed by atoms with Gasteiger partial charge in [0.2, 0.25) is 0 Å². The van der Waals surface area contributed by atoms with Gasteiger partial charge >= 0.3 is 0 Å². The van der Waals surface area contributed by atoms with E-state index in [-0.39, 0.29) is 11.3 Å². The second-order valence-corrected chi connectivity index (χ2v) is 5.16. The van der Waals surface area contributed by atoms with Crippen molar-refractivity contribution >= 4 is 17.4 Å². The second-order valence-electron chi connectivity index (χ2n) is 4.73. The van der Waals surface area contributed by atoms with E-state index in [1.54, 1.807) is 39.0 Å². The number of halogens is 2. The molecule has 0 bridgehead atoms. The quantitative estimate of drug-likeness (QED) is 0.731. The first-order chi connectivity index (χ1) is 8.90. The van der Waals surface area contributed by atoms with Gasteiger partial charge in [0, 0.05) is 10.6 Å². The summed E-state index contributed by atoms with van der Waals surface area (Å²) in [5.41, 5.74) is 2.82. The van der Waals surface area contributed by atoms with Crippen molar-refractivity contribution in [3.8, 4) is 0 Å². The van der Waals surface area contributed by atoms with E-state index < -0.39 is 5.82 Å². The average Bonchev–Trinajstić information content (AvgIpc) is 2.26. The van der Waals surface area contributed by atoms with Gasteiger partial charge in [0.25, 0.3) is 0 Å². The minimum atomic E-state index is -0.475. The summed E-state index contributed by atoms with van der Waals surface area (Å²) in [7, 11) is 0. The molecule has 0 saturated carbocycles. The molecule has 1 nitrogen and oxygen atoms in total. The van der Waals surface area contributed by atoms with Gasteiger partial charge < -0.3 is 0 Å². The monoisotopic (exact) mass is 276 g/mol. The van der Waals surface area contributed by atoms with Crippen molar-refractivity contribution in [3.63, 3.8) is 0 Å². The van der Waals surface area contributed by atoms with Crippen LogP contribution in [0.2, 0.25) is 5.02 Å². The molecule has 98 valence electrons. The van der Waals surface area contributed by atoms with Crippen LogP contribution in [-0.4, -0.2) is 5.78 Å². The molecule has 0 fully saturated rings. The second kappa shape index (κ2) is 5.14. The highest BCUT2D eigenvalue weighted by atomic mass is 35.5. The lowest BCUT2D eigenvalue weighted by atomic mass is 9.94. The third-order valence-corrected chi connectivity index (χ3v) is 3.33. The molecule has 0 aromatic heterocycles. The predicted molar refractivity (Wildman–Crippen MR) is 75.5 cm³/mol. The zero-order valence-corrected chi connectivity index (χ0v) is 11.8. The molecule has 0 unspecified atom stereocenters. The van der Waals surface area contributed by atoms with E-state index in [1.165, 1.54) is 6.07 Å². The molecule has 0 spiro atoms. The van der Waals surface area contributed by atoms with Crippen LogP contribution in [0.4, 0.5) is 4.39 Å². The molecule has 0 aliphatic carbocycles. The molecule has 0 aliphatic rings. The molecule has 2 rings (SSSR count). The zero-order valence-electron chi connectivity index (χ0n) is 11.1. The Balaban J connectivity index is 2.56. The molecule has 0 N–H and O–H groups in total. The number of hydrogen-bond acceptors (Lipinski definition) is 1. The maximum Gasteiger partial charge on any atom is 0.196 e. The predicted octanol–water partition coefficient (Wildman–Crippen LogP) is 4.64. The molecule has 3 heteroatoms. The normalized spacial score (nSPS) is 10.6. The van der Waals surface area contributed by atoms with Gasteiger partial charge in [-0.2, -0.15) is 0 Å². The summed E-state index contributed by atoms with van der Waals surface area (Å²) in [4.78, 5) is 12.4. The molecule has 2 aromatic carbocycles. The standard InChI is InChI=1S/C16H14ClFO/c1-9-6-11(3)15(14(18)7-9)16(19)13-5-4-12(17)8-10(13)2/h4-8H,1-3H3. The van der Waals surface area contributed by atoms with Gasteiger partial charge in [0.15, 0.2) is 5.78 Å². The van der Waals surface area contributed by atoms with Crippen molar-refractivity contribution in [2.75, 3.05) is 0 Å². The highest BCUT2D eigenvalue weighted by molar-refractivity contribution is 6.30. The topological polar surface area (TPSA) is 17.1 Å². The molecular formula is C16H14ClFO. The summed E-state index contributed by atoms with van der Waals surface area (Å²) >= 11 is 5.87. The molecule has 0 radical (unpaired) electrons. The SMILES string of the molecule is Cc1cc(C)c(C(=O)c2ccc(Cl)cc2C)c(F)c1. The Kier molecular flexibility index (Phi) is 3.72. The van der Waals surface area contributed by atoms with E-state index in [1.807, 2.05) is 6.07 Å². The Bertz CT molecular complexity index is 639. The van der Waals surface area contributed by atoms with E-state index in [2.05, 4.69) is 0 Å². The van der Waals surface area contributed by atoms with E-state index >= 15 is 0 Å². The number of benzene rings is 2. The van der Waals surface area contributed by atoms with Gasteiger partial charge in [-0.25, -0.2) is 4.39 Å². The molecule has 0 heterocycles. The Morgan fingerprint density at radius 1 is 1.05 bits per heavy atom. The first kappa shape index (κ1) is 13.8. The summed E-state index contributed by atoms with van der Waals surface area (Å²) in [5.74, 6) is -0.777. The van der Waals surface area contributed by atoms with E-state index in [4.69, 9.17) is 11.6 Å². The van der Waals surface area contributed by atoms with Gasteiger partial charge in [-0.05, 0) is 61.7 Å². The third kappa shape index (κ3) is 2.69. The van der Waals surface area contributed by atoms with Crippen LogP contribution in [0.15, 0.2) is 30.3 Å². The van der Waals surface area contributed by atoms with Crippen molar-refractivity contribution in [1.82, 2.24) is 0 Å². The summed E-state index contributed by atoms with van der Waals surface area (Å²) in [6, 6.07) is 8.17. The minimum Gasteiger partial charge on any atom is -0.288 e. The maximum absolute atomic E-state index is 14.0. The van der Waals surface area contributed by atoms with Crippen molar-refractivity contribution in [2.45, 2.75) is 20.8 Å². The first-order valence-corrected chi connectivity index (χ1v) is 6.35. The molecule has 19 heavy (non-hydrogen) atoms. The van der Waals surface area contributed by atoms with Crippen molar-refractivity contribution in [2.24, 2.45) is 0 Å². The van der Waals surface area contributed by atoms with Crippen LogP contribution < -0.4 is 0 Å². The average molecular weight is 277 g/mol. The number of carbonyl (C=O) groups is 1. The number of ketones is 1. The minimum absolute atomic E-state index is 0.135. The lowest BCUT2D eigenvalue weighted by Gasteiger charge is -2.10. The largest absolute Gasteiger partial charge is 0.288 e. The van der Waals surface area contributed by atoms with Gasteiger partial charge in [-0.15, -0.1) is 0 Å². The smallest absolute Gasteiger partial charge is 0.196 e. The van der Waals surface area contributed by atoms with Crippen LogP contribution >= 0.6 is 11.6 Å². The number of carbonyl (C=O) groups excluding carboxylic acids is 1. The highest BCUT2D eigenvalue weighted by Gasteiger charge is 2.18. The van der Waals surface area contributed by atoms with Crippen LogP contribution in [0.25, 0.3) is 0 Å². The first-order valence-electron chi connectivity index (χ1n) is 5.97. The van der Waals surface area contributed by atoms with E-state index in [0.717, 1.165) is 11.1 Å². The van der Waals surface area contributed by atoms with E-state index in [9.17, 15) is 9.18 Å². The molecule has 0 aliphatic heterocycles. The molecule has 2 aromatic rings. The Labute approximate surface area is 117 Å². The van der Waals surface area contributed by atoms with Crippen molar-refractivity contribution < 1.29 is 9.18 Å². The van der Waals surface area contributed by atoms with Crippen molar-refractivity contribution in [3.05, 3.63) is 69.0 Å². The highest BCUT2D eigenvalue weighted by Crippen LogP contribution is 2.23. The van der Waals surface area contributed by atoms with Crippen LogP contribution in [0.3, 0.4) is 0 Å². The van der Waals surface area contributed by atoms with Crippen LogP contribution in [-0.2, 0) is 0 Å². The lowest BCUT2D eigenvalue weighted by molar-refractivity contribution is 0.103. The Hall–Kier alpha value is -1.67. The summed E-state index contributed by atoms with van der Waals surface area (Å²) in [5, 5.41) is 0.565. The Morgan fingerprint density at radius 3 is 2.32 bits per heavy atom. The lowest BCUT2D eigenvalue weighted by Crippen LogP contribution is -2.09. The van der Waals surface area contributed by atoms with Crippen LogP contribution in [0.5, 0.6) is 0 Å². The maximum atomic E-state index is 14.0. The van der Waals surface area contributed by atoms with Gasteiger partial charge in [-0.3, -0.25) is 4.79 Å². The summed E-state index contributed by atoms with van der Waals surface area (Å²) in [6.07, 6.45) is 0. The summed E-state index contributed by atoms with van der Waals surface area (Å²) < 4.78 is 14.0. The van der Waals surface area contributed by atoms with Gasteiger partial charge in [0.1, 0.15) is 5.82 Å². The molecule has 0 saturated heterocycles. The van der Waals surface area contributed by atoms with Gasteiger partial charge in [-0.1, -0.05) is 17.7 Å². The molecule has 0 atom stereocenters. The van der Waals surface area contributed by atoms with Gasteiger partial charge in [0.05, 0.1) is 5.56 Å². The zero-order chi connectivity index (χ0) is 14.2. The van der Waals surface area contributed by atoms with Crippen LogP contribution in [0, 0.1) is 26.6 Å². The number of hydrogen-bond donors (Lipinski definition) is 0. The van der Waals surface area contributed by atoms with Crippen LogP contribution in [0.1, 0.15) is 32.6 Å². The molecular weight excluding hydrogens is 263 g/mol. The number of rotatable bonds is 2. The molecule has 0 amide bonds. The number of aryl methyl sites for hydroxylation is 3. The summed E-state index contributed by atoms with van der Waals surface area (Å²) in [6.45, 7) is 5.34.